The van der Waals surface area contributed by atoms with Crippen molar-refractivity contribution < 1.29 is 14.3 Å². The molecule has 5 nitrogen and oxygen atoms in total. The molecule has 1 aliphatic rings. The van der Waals surface area contributed by atoms with Crippen LogP contribution in [0, 0.1) is 12.8 Å². The first kappa shape index (κ1) is 16.8. The minimum absolute atomic E-state index is 0.00153. The number of methoxy groups -OCH3 is 1. The molecule has 1 aliphatic heterocycles. The Morgan fingerprint density at radius 3 is 2.73 bits per heavy atom. The largest absolute Gasteiger partial charge is 0.447 e. The molecule has 0 aliphatic carbocycles. The molecule has 5 heteroatoms. The summed E-state index contributed by atoms with van der Waals surface area (Å²) in [7, 11) is 1.59. The van der Waals surface area contributed by atoms with Gasteiger partial charge in [-0.25, -0.2) is 4.79 Å². The Hall–Kier alpha value is -1.59. The van der Waals surface area contributed by atoms with Crippen LogP contribution >= 0.6 is 0 Å². The Balaban J connectivity index is 2.08. The van der Waals surface area contributed by atoms with Crippen LogP contribution in [0.25, 0.3) is 0 Å². The number of carbonyl (C=O) groups excluding carboxylic acids is 1. The van der Waals surface area contributed by atoms with Gasteiger partial charge in [0.2, 0.25) is 0 Å². The lowest BCUT2D eigenvalue weighted by Crippen LogP contribution is -2.39. The predicted molar refractivity (Wildman–Crippen MR) is 85.9 cm³/mol. The lowest BCUT2D eigenvalue weighted by atomic mass is 9.84. The summed E-state index contributed by atoms with van der Waals surface area (Å²) in [6, 6.07) is 8.22. The standard InChI is InChI=1S/C17H26N2O3/c1-13-5-3-4-6-15(13)16(14-7-9-18-10-8-14)19-17(20)22-12-11-21-2/h3-6,14,16,18H,7-12H2,1-2H3,(H,19,20). The highest BCUT2D eigenvalue weighted by molar-refractivity contribution is 5.68. The van der Waals surface area contributed by atoms with Gasteiger partial charge in [-0.3, -0.25) is 0 Å². The number of ether oxygens (including phenoxy) is 2. The molecule has 1 aromatic rings. The van der Waals surface area contributed by atoms with Gasteiger partial charge in [0, 0.05) is 7.11 Å². The van der Waals surface area contributed by atoms with Crippen molar-refractivity contribution in [2.24, 2.45) is 5.92 Å². The number of benzene rings is 1. The summed E-state index contributed by atoms with van der Waals surface area (Å²) in [5, 5.41) is 6.43. The van der Waals surface area contributed by atoms with E-state index in [9.17, 15) is 4.79 Å². The quantitative estimate of drug-likeness (QED) is 0.792. The molecule has 2 rings (SSSR count). The van der Waals surface area contributed by atoms with Crippen molar-refractivity contribution in [1.82, 2.24) is 10.6 Å². The van der Waals surface area contributed by atoms with Crippen LogP contribution in [0.2, 0.25) is 0 Å². The van der Waals surface area contributed by atoms with Crippen LogP contribution in [-0.4, -0.2) is 39.5 Å². The summed E-state index contributed by atoms with van der Waals surface area (Å²) in [6.07, 6.45) is 1.73. The average molecular weight is 306 g/mol. The molecule has 122 valence electrons. The van der Waals surface area contributed by atoms with Crippen LogP contribution in [0.3, 0.4) is 0 Å². The van der Waals surface area contributed by atoms with E-state index in [-0.39, 0.29) is 18.7 Å². The molecule has 1 saturated heterocycles. The van der Waals surface area contributed by atoms with Gasteiger partial charge in [-0.2, -0.15) is 0 Å². The number of hydrogen-bond donors (Lipinski definition) is 2. The number of aryl methyl sites for hydroxylation is 1. The van der Waals surface area contributed by atoms with E-state index in [0.717, 1.165) is 25.9 Å². The normalized spacial score (nSPS) is 17.0. The Morgan fingerprint density at radius 1 is 1.32 bits per heavy atom. The number of rotatable bonds is 6. The SMILES string of the molecule is COCCOC(=O)NC(c1ccccc1C)C1CCNCC1. The molecule has 0 saturated carbocycles. The Labute approximate surface area is 132 Å². The molecule has 1 aromatic carbocycles. The lowest BCUT2D eigenvalue weighted by molar-refractivity contribution is 0.0934. The smallest absolute Gasteiger partial charge is 0.407 e. The Morgan fingerprint density at radius 2 is 2.05 bits per heavy atom. The Bertz CT molecular complexity index is 473. The summed E-state index contributed by atoms with van der Waals surface area (Å²) >= 11 is 0. The first-order chi connectivity index (χ1) is 10.7. The van der Waals surface area contributed by atoms with E-state index in [0.29, 0.717) is 12.5 Å². The minimum Gasteiger partial charge on any atom is -0.447 e. The molecule has 0 aromatic heterocycles. The minimum atomic E-state index is -0.371. The number of carbonyl (C=O) groups is 1. The molecule has 0 spiro atoms. The van der Waals surface area contributed by atoms with Crippen molar-refractivity contribution in [3.63, 3.8) is 0 Å². The number of hydrogen-bond acceptors (Lipinski definition) is 4. The summed E-state index contributed by atoms with van der Waals surface area (Å²) in [5.74, 6) is 0.428. The number of amides is 1. The van der Waals surface area contributed by atoms with Crippen molar-refractivity contribution in [3.05, 3.63) is 35.4 Å². The molecule has 1 amide bonds. The zero-order valence-corrected chi connectivity index (χ0v) is 13.4. The average Bonchev–Trinajstić information content (AvgIpc) is 2.54. The van der Waals surface area contributed by atoms with Crippen molar-refractivity contribution in [3.8, 4) is 0 Å². The van der Waals surface area contributed by atoms with Crippen LogP contribution in [0.15, 0.2) is 24.3 Å². The van der Waals surface area contributed by atoms with E-state index in [1.165, 1.54) is 11.1 Å². The molecule has 1 fully saturated rings. The van der Waals surface area contributed by atoms with E-state index in [1.54, 1.807) is 7.11 Å². The number of piperidine rings is 1. The van der Waals surface area contributed by atoms with Gasteiger partial charge in [0.1, 0.15) is 6.61 Å². The molecule has 1 heterocycles. The highest BCUT2D eigenvalue weighted by Crippen LogP contribution is 2.30. The summed E-state index contributed by atoms with van der Waals surface area (Å²) in [5.41, 5.74) is 2.38. The van der Waals surface area contributed by atoms with Gasteiger partial charge in [-0.15, -0.1) is 0 Å². The molecule has 22 heavy (non-hydrogen) atoms. The lowest BCUT2D eigenvalue weighted by Gasteiger charge is -2.32. The predicted octanol–water partition coefficient (Wildman–Crippen LogP) is 2.41. The van der Waals surface area contributed by atoms with Crippen molar-refractivity contribution in [2.45, 2.75) is 25.8 Å². The topological polar surface area (TPSA) is 59.6 Å². The maximum absolute atomic E-state index is 12.1. The van der Waals surface area contributed by atoms with Gasteiger partial charge >= 0.3 is 6.09 Å². The zero-order valence-electron chi connectivity index (χ0n) is 13.4. The van der Waals surface area contributed by atoms with E-state index >= 15 is 0 Å². The van der Waals surface area contributed by atoms with E-state index in [2.05, 4.69) is 29.7 Å². The van der Waals surface area contributed by atoms with Gasteiger partial charge in [-0.1, -0.05) is 24.3 Å². The first-order valence-electron chi connectivity index (χ1n) is 7.91. The van der Waals surface area contributed by atoms with Gasteiger partial charge in [-0.05, 0) is 49.9 Å². The van der Waals surface area contributed by atoms with E-state index < -0.39 is 0 Å². The fraction of sp³-hybridized carbons (Fsp3) is 0.588. The Kier molecular flexibility index (Phi) is 6.68. The number of nitrogens with one attached hydrogen (secondary N) is 2. The fourth-order valence-corrected chi connectivity index (χ4v) is 2.95. The van der Waals surface area contributed by atoms with Crippen LogP contribution in [0.5, 0.6) is 0 Å². The monoisotopic (exact) mass is 306 g/mol. The highest BCUT2D eigenvalue weighted by atomic mass is 16.6. The third-order valence-corrected chi connectivity index (χ3v) is 4.17. The highest BCUT2D eigenvalue weighted by Gasteiger charge is 2.27. The third kappa shape index (κ3) is 4.71. The second-order valence-corrected chi connectivity index (χ2v) is 5.69. The maximum Gasteiger partial charge on any atom is 0.407 e. The van der Waals surface area contributed by atoms with Crippen molar-refractivity contribution in [1.29, 1.82) is 0 Å². The van der Waals surface area contributed by atoms with Crippen molar-refractivity contribution >= 4 is 6.09 Å². The summed E-state index contributed by atoms with van der Waals surface area (Å²) in [6.45, 7) is 4.76. The van der Waals surface area contributed by atoms with E-state index in [1.807, 2.05) is 12.1 Å². The third-order valence-electron chi connectivity index (χ3n) is 4.17. The zero-order chi connectivity index (χ0) is 15.8. The molecule has 1 unspecified atom stereocenters. The molecule has 1 atom stereocenters. The number of alkyl carbamates (subject to hydrolysis) is 1. The van der Waals surface area contributed by atoms with Crippen molar-refractivity contribution in [2.75, 3.05) is 33.4 Å². The van der Waals surface area contributed by atoms with Crippen LogP contribution in [-0.2, 0) is 9.47 Å². The van der Waals surface area contributed by atoms with Gasteiger partial charge in [0.05, 0.1) is 12.6 Å². The molecule has 2 N–H and O–H groups in total. The molecule has 0 radical (unpaired) electrons. The fourth-order valence-electron chi connectivity index (χ4n) is 2.95. The second kappa shape index (κ2) is 8.76. The molecular formula is C17H26N2O3. The second-order valence-electron chi connectivity index (χ2n) is 5.69. The van der Waals surface area contributed by atoms with Crippen LogP contribution < -0.4 is 10.6 Å². The molecular weight excluding hydrogens is 280 g/mol. The van der Waals surface area contributed by atoms with Gasteiger partial charge in [0.15, 0.2) is 0 Å². The summed E-state index contributed by atoms with van der Waals surface area (Å²) in [4.78, 5) is 12.1. The summed E-state index contributed by atoms with van der Waals surface area (Å²) < 4.78 is 10.1. The van der Waals surface area contributed by atoms with Gasteiger partial charge < -0.3 is 20.1 Å². The molecule has 0 bridgehead atoms. The van der Waals surface area contributed by atoms with Crippen LogP contribution in [0.1, 0.15) is 30.0 Å². The van der Waals surface area contributed by atoms with Gasteiger partial charge in [0.25, 0.3) is 0 Å². The maximum atomic E-state index is 12.1. The van der Waals surface area contributed by atoms with Crippen LogP contribution in [0.4, 0.5) is 4.79 Å². The van der Waals surface area contributed by atoms with E-state index in [4.69, 9.17) is 9.47 Å². The first-order valence-corrected chi connectivity index (χ1v) is 7.91.